The molecule has 0 spiro atoms. The average Bonchev–Trinajstić information content (AvgIpc) is 2.76. The highest BCUT2D eigenvalue weighted by atomic mass is 35.5. The molecule has 5 nitrogen and oxygen atoms in total. The van der Waals surface area contributed by atoms with Gasteiger partial charge in [0.05, 0.1) is 18.0 Å². The Kier molecular flexibility index (Phi) is 4.84. The lowest BCUT2D eigenvalue weighted by molar-refractivity contribution is -0.142. The summed E-state index contributed by atoms with van der Waals surface area (Å²) < 4.78 is 49.6. The molecule has 0 radical (unpaired) electrons. The molecule has 0 bridgehead atoms. The van der Waals surface area contributed by atoms with Crippen molar-refractivity contribution >= 4 is 17.8 Å². The molecule has 0 saturated carbocycles. The van der Waals surface area contributed by atoms with Crippen LogP contribution >= 0.6 is 11.6 Å². The summed E-state index contributed by atoms with van der Waals surface area (Å²) in [6.45, 7) is 2.83. The molecule has 1 aromatic carbocycles. The van der Waals surface area contributed by atoms with E-state index >= 15 is 0 Å². The van der Waals surface area contributed by atoms with Gasteiger partial charge in [0.2, 0.25) is 5.69 Å². The third-order valence-corrected chi connectivity index (χ3v) is 3.07. The fraction of sp³-hybridized carbons (Fsp3) is 0.286. The van der Waals surface area contributed by atoms with E-state index in [4.69, 9.17) is 11.6 Å². The zero-order valence-electron chi connectivity index (χ0n) is 12.1. The molecule has 0 fully saturated rings. The summed E-state index contributed by atoms with van der Waals surface area (Å²) in [6, 6.07) is 6.11. The molecule has 0 aliphatic carbocycles. The Labute approximate surface area is 134 Å². The first kappa shape index (κ1) is 17.1. The summed E-state index contributed by atoms with van der Waals surface area (Å²) in [5.74, 6) is -0.698. The summed E-state index contributed by atoms with van der Waals surface area (Å²) in [6.07, 6.45) is -6.03. The summed E-state index contributed by atoms with van der Waals surface area (Å²) in [5.41, 5.74) is -1.02. The summed E-state index contributed by atoms with van der Waals surface area (Å²) >= 11 is 5.84. The average molecular weight is 349 g/mol. The number of carbonyl (C=O) groups is 1. The molecule has 0 N–H and O–H groups in total. The van der Waals surface area contributed by atoms with E-state index in [0.717, 1.165) is 4.68 Å². The number of halogens is 4. The SMILES string of the molecule is CCOC(=O)Oc1c(C(F)(F)F)nn(-c2cccc(Cl)c2)c1C. The van der Waals surface area contributed by atoms with Crippen molar-refractivity contribution in [3.8, 4) is 11.4 Å². The molecule has 1 aromatic heterocycles. The zero-order valence-corrected chi connectivity index (χ0v) is 12.9. The number of benzene rings is 1. The Morgan fingerprint density at radius 1 is 1.39 bits per heavy atom. The van der Waals surface area contributed by atoms with Crippen LogP contribution < -0.4 is 4.74 Å². The fourth-order valence-electron chi connectivity index (χ4n) is 1.89. The summed E-state index contributed by atoms with van der Waals surface area (Å²) in [4.78, 5) is 11.4. The second-order valence-corrected chi connectivity index (χ2v) is 4.87. The lowest BCUT2D eigenvalue weighted by Crippen LogP contribution is -2.14. The van der Waals surface area contributed by atoms with Crippen LogP contribution in [0.5, 0.6) is 5.75 Å². The van der Waals surface area contributed by atoms with Gasteiger partial charge in [-0.3, -0.25) is 0 Å². The van der Waals surface area contributed by atoms with Crippen molar-refractivity contribution < 1.29 is 27.4 Å². The van der Waals surface area contributed by atoms with Crippen LogP contribution in [0.3, 0.4) is 0 Å². The zero-order chi connectivity index (χ0) is 17.2. The number of carbonyl (C=O) groups excluding carboxylic acids is 1. The van der Waals surface area contributed by atoms with Gasteiger partial charge in [-0.15, -0.1) is 0 Å². The molecule has 0 aliphatic heterocycles. The predicted octanol–water partition coefficient (Wildman–Crippen LogP) is 4.39. The predicted molar refractivity (Wildman–Crippen MR) is 76.0 cm³/mol. The topological polar surface area (TPSA) is 53.4 Å². The Morgan fingerprint density at radius 2 is 2.09 bits per heavy atom. The van der Waals surface area contributed by atoms with Crippen molar-refractivity contribution in [3.63, 3.8) is 0 Å². The van der Waals surface area contributed by atoms with Crippen molar-refractivity contribution in [1.82, 2.24) is 9.78 Å². The van der Waals surface area contributed by atoms with Crippen molar-refractivity contribution in [1.29, 1.82) is 0 Å². The molecule has 23 heavy (non-hydrogen) atoms. The van der Waals surface area contributed by atoms with E-state index < -0.39 is 23.8 Å². The van der Waals surface area contributed by atoms with Crippen LogP contribution in [-0.2, 0) is 10.9 Å². The van der Waals surface area contributed by atoms with E-state index in [1.165, 1.54) is 26.0 Å². The van der Waals surface area contributed by atoms with E-state index in [-0.39, 0.29) is 12.3 Å². The van der Waals surface area contributed by atoms with Crippen molar-refractivity contribution in [3.05, 3.63) is 40.7 Å². The number of alkyl halides is 3. The smallest absolute Gasteiger partial charge is 0.434 e. The highest BCUT2D eigenvalue weighted by Crippen LogP contribution is 2.38. The van der Waals surface area contributed by atoms with Crippen LogP contribution in [0.4, 0.5) is 18.0 Å². The largest absolute Gasteiger partial charge is 0.513 e. The normalized spacial score (nSPS) is 11.4. The minimum absolute atomic E-state index is 0.00681. The van der Waals surface area contributed by atoms with Gasteiger partial charge < -0.3 is 9.47 Å². The molecule has 1 heterocycles. The molecule has 0 aliphatic rings. The number of nitrogens with zero attached hydrogens (tertiary/aromatic N) is 2. The van der Waals surface area contributed by atoms with Gasteiger partial charge in [0, 0.05) is 5.02 Å². The molecule has 0 unspecified atom stereocenters. The monoisotopic (exact) mass is 348 g/mol. The van der Waals surface area contributed by atoms with Gasteiger partial charge >= 0.3 is 12.3 Å². The van der Waals surface area contributed by atoms with E-state index in [2.05, 4.69) is 14.6 Å². The molecular weight excluding hydrogens is 337 g/mol. The van der Waals surface area contributed by atoms with Gasteiger partial charge in [0.1, 0.15) is 0 Å². The van der Waals surface area contributed by atoms with Gasteiger partial charge in [0.25, 0.3) is 0 Å². The Bertz CT molecular complexity index is 729. The van der Waals surface area contributed by atoms with Crippen molar-refractivity contribution in [2.24, 2.45) is 0 Å². The molecule has 2 aromatic rings. The minimum Gasteiger partial charge on any atom is -0.434 e. The molecule has 2 rings (SSSR count). The molecule has 0 amide bonds. The molecular formula is C14H12ClF3N2O3. The Hall–Kier alpha value is -2.22. The van der Waals surface area contributed by atoms with Crippen molar-refractivity contribution in [2.75, 3.05) is 6.61 Å². The first-order chi connectivity index (χ1) is 10.7. The Morgan fingerprint density at radius 3 is 2.65 bits per heavy atom. The van der Waals surface area contributed by atoms with E-state index in [0.29, 0.717) is 10.7 Å². The van der Waals surface area contributed by atoms with Crippen LogP contribution in [0.15, 0.2) is 24.3 Å². The fourth-order valence-corrected chi connectivity index (χ4v) is 2.07. The van der Waals surface area contributed by atoms with Gasteiger partial charge in [-0.25, -0.2) is 9.48 Å². The first-order valence-corrected chi connectivity index (χ1v) is 6.89. The highest BCUT2D eigenvalue weighted by molar-refractivity contribution is 6.30. The maximum atomic E-state index is 13.1. The van der Waals surface area contributed by atoms with E-state index in [1.807, 2.05) is 0 Å². The third kappa shape index (κ3) is 3.76. The van der Waals surface area contributed by atoms with Gasteiger partial charge in [-0.05, 0) is 32.0 Å². The number of hydrogen-bond donors (Lipinski definition) is 0. The second kappa shape index (κ2) is 6.49. The minimum atomic E-state index is -4.80. The second-order valence-electron chi connectivity index (χ2n) is 4.44. The maximum absolute atomic E-state index is 13.1. The van der Waals surface area contributed by atoms with Crippen LogP contribution in [-0.4, -0.2) is 22.5 Å². The lowest BCUT2D eigenvalue weighted by atomic mass is 10.3. The third-order valence-electron chi connectivity index (χ3n) is 2.83. The van der Waals surface area contributed by atoms with Crippen LogP contribution in [0.2, 0.25) is 5.02 Å². The van der Waals surface area contributed by atoms with Gasteiger partial charge in [0.15, 0.2) is 5.75 Å². The Balaban J connectivity index is 2.54. The van der Waals surface area contributed by atoms with Crippen LogP contribution in [0, 0.1) is 6.92 Å². The number of hydrogen-bond acceptors (Lipinski definition) is 4. The van der Waals surface area contributed by atoms with E-state index in [9.17, 15) is 18.0 Å². The number of aromatic nitrogens is 2. The number of ether oxygens (including phenoxy) is 2. The molecule has 9 heteroatoms. The molecule has 0 saturated heterocycles. The van der Waals surface area contributed by atoms with E-state index in [1.54, 1.807) is 12.1 Å². The maximum Gasteiger partial charge on any atom is 0.513 e. The van der Waals surface area contributed by atoms with Crippen molar-refractivity contribution in [2.45, 2.75) is 20.0 Å². The molecule has 0 atom stereocenters. The van der Waals surface area contributed by atoms with Gasteiger partial charge in [-0.1, -0.05) is 17.7 Å². The number of rotatable bonds is 3. The summed E-state index contributed by atoms with van der Waals surface area (Å²) in [5, 5.41) is 3.84. The van der Waals surface area contributed by atoms with Gasteiger partial charge in [-0.2, -0.15) is 18.3 Å². The quantitative estimate of drug-likeness (QED) is 0.772. The highest BCUT2D eigenvalue weighted by Gasteiger charge is 2.41. The standard InChI is InChI=1S/C14H12ClF3N2O3/c1-3-22-13(21)23-11-8(2)20(19-12(11)14(16,17)18)10-6-4-5-9(15)7-10/h4-7H,3H2,1-2H3. The summed E-state index contributed by atoms with van der Waals surface area (Å²) in [7, 11) is 0. The van der Waals surface area contributed by atoms with Crippen LogP contribution in [0.1, 0.15) is 18.3 Å². The first-order valence-electron chi connectivity index (χ1n) is 6.51. The lowest BCUT2D eigenvalue weighted by Gasteiger charge is -2.07. The van der Waals surface area contributed by atoms with Crippen LogP contribution in [0.25, 0.3) is 5.69 Å². The molecule has 124 valence electrons.